The lowest BCUT2D eigenvalue weighted by atomic mass is 9.84. The van der Waals surface area contributed by atoms with Gasteiger partial charge in [-0.25, -0.2) is 9.97 Å². The van der Waals surface area contributed by atoms with Crippen LogP contribution in [0, 0.1) is 5.92 Å². The molecular weight excluding hydrogens is 410 g/mol. The molecule has 1 amide bonds. The molecule has 164 valence electrons. The molecule has 5 heterocycles. The summed E-state index contributed by atoms with van der Waals surface area (Å²) in [6.07, 6.45) is 15.8. The SMILES string of the molecule is O=C(c1ccnc(-c2cncnc2)c1)N1[C@H]2CC[C@H]1CC(Cc1cccc3ccncc13)C2. The highest BCUT2D eigenvalue weighted by molar-refractivity contribution is 5.95. The number of fused-ring (bicyclic) bond motifs is 3. The van der Waals surface area contributed by atoms with Crippen molar-refractivity contribution in [2.75, 3.05) is 0 Å². The first-order valence-corrected chi connectivity index (χ1v) is 11.6. The van der Waals surface area contributed by atoms with Gasteiger partial charge >= 0.3 is 0 Å². The Morgan fingerprint density at radius 2 is 1.76 bits per heavy atom. The van der Waals surface area contributed by atoms with Gasteiger partial charge in [-0.15, -0.1) is 0 Å². The normalized spacial score (nSPS) is 21.9. The first kappa shape index (κ1) is 20.0. The topological polar surface area (TPSA) is 71.9 Å². The molecule has 2 saturated heterocycles. The summed E-state index contributed by atoms with van der Waals surface area (Å²) < 4.78 is 0. The number of amides is 1. The third-order valence-corrected chi connectivity index (χ3v) is 7.21. The quantitative estimate of drug-likeness (QED) is 0.464. The van der Waals surface area contributed by atoms with Crippen molar-refractivity contribution in [2.45, 2.75) is 44.2 Å². The van der Waals surface area contributed by atoms with Crippen LogP contribution in [0.2, 0.25) is 0 Å². The van der Waals surface area contributed by atoms with Gasteiger partial charge in [0.15, 0.2) is 0 Å². The fourth-order valence-electron chi connectivity index (χ4n) is 5.76. The molecule has 0 radical (unpaired) electrons. The van der Waals surface area contributed by atoms with Crippen LogP contribution in [0.3, 0.4) is 0 Å². The number of hydrogen-bond acceptors (Lipinski definition) is 5. The second-order valence-corrected chi connectivity index (χ2v) is 9.21. The van der Waals surface area contributed by atoms with E-state index in [1.54, 1.807) is 18.6 Å². The van der Waals surface area contributed by atoms with Crippen molar-refractivity contribution in [3.8, 4) is 11.3 Å². The molecule has 3 aromatic heterocycles. The van der Waals surface area contributed by atoms with E-state index in [2.05, 4.69) is 49.1 Å². The van der Waals surface area contributed by atoms with Gasteiger partial charge in [0.2, 0.25) is 0 Å². The number of piperidine rings is 1. The van der Waals surface area contributed by atoms with Crippen LogP contribution in [0.25, 0.3) is 22.0 Å². The standard InChI is InChI=1S/C27H25N5O/c33-27(21-7-9-31-26(13-21)22-14-29-17-30-15-22)32-23-4-5-24(32)12-18(11-23)10-20-3-1-2-19-6-8-28-16-25(19)20/h1-3,6-9,13-18,23-24H,4-5,10-12H2/t23-,24-/m0/s1. The Morgan fingerprint density at radius 1 is 0.939 bits per heavy atom. The Hall–Kier alpha value is -3.67. The summed E-state index contributed by atoms with van der Waals surface area (Å²) in [5.74, 6) is 0.711. The number of benzene rings is 1. The van der Waals surface area contributed by atoms with Gasteiger partial charge in [0.25, 0.3) is 5.91 Å². The maximum absolute atomic E-state index is 13.5. The van der Waals surface area contributed by atoms with Crippen molar-refractivity contribution in [2.24, 2.45) is 5.92 Å². The molecule has 2 fully saturated rings. The lowest BCUT2D eigenvalue weighted by molar-refractivity contribution is 0.0524. The summed E-state index contributed by atoms with van der Waals surface area (Å²) in [4.78, 5) is 32.6. The van der Waals surface area contributed by atoms with Gasteiger partial charge in [0.1, 0.15) is 6.33 Å². The zero-order chi connectivity index (χ0) is 22.2. The van der Waals surface area contributed by atoms with Gasteiger partial charge in [0.05, 0.1) is 5.69 Å². The highest BCUT2D eigenvalue weighted by Gasteiger charge is 2.43. The van der Waals surface area contributed by atoms with Crippen LogP contribution in [0.1, 0.15) is 41.6 Å². The van der Waals surface area contributed by atoms with E-state index in [1.807, 2.05) is 24.5 Å². The van der Waals surface area contributed by atoms with Crippen molar-refractivity contribution in [1.29, 1.82) is 0 Å². The van der Waals surface area contributed by atoms with Gasteiger partial charge in [-0.2, -0.15) is 0 Å². The number of nitrogens with zero attached hydrogens (tertiary/aromatic N) is 5. The van der Waals surface area contributed by atoms with Crippen LogP contribution in [0.5, 0.6) is 0 Å². The lowest BCUT2D eigenvalue weighted by Gasteiger charge is -2.39. The monoisotopic (exact) mass is 435 g/mol. The third-order valence-electron chi connectivity index (χ3n) is 7.21. The molecule has 4 aromatic rings. The number of hydrogen-bond donors (Lipinski definition) is 0. The van der Waals surface area contributed by atoms with E-state index in [1.165, 1.54) is 22.7 Å². The number of carbonyl (C=O) groups is 1. The first-order valence-electron chi connectivity index (χ1n) is 11.6. The van der Waals surface area contributed by atoms with E-state index in [9.17, 15) is 4.79 Å². The van der Waals surface area contributed by atoms with Crippen LogP contribution in [0.15, 0.2) is 73.7 Å². The van der Waals surface area contributed by atoms with Gasteiger partial charge in [-0.3, -0.25) is 14.8 Å². The molecule has 2 aliphatic rings. The fraction of sp³-hybridized carbons (Fsp3) is 0.296. The molecular formula is C27H25N5O. The van der Waals surface area contributed by atoms with Gasteiger partial charge < -0.3 is 4.90 Å². The predicted molar refractivity (Wildman–Crippen MR) is 126 cm³/mol. The second kappa shape index (κ2) is 8.35. The van der Waals surface area contributed by atoms with E-state index in [4.69, 9.17) is 0 Å². The number of carbonyl (C=O) groups excluding carboxylic acids is 1. The van der Waals surface area contributed by atoms with E-state index in [0.717, 1.165) is 43.4 Å². The zero-order valence-electron chi connectivity index (χ0n) is 18.3. The lowest BCUT2D eigenvalue weighted by Crippen LogP contribution is -2.46. The zero-order valence-corrected chi connectivity index (χ0v) is 18.3. The minimum absolute atomic E-state index is 0.121. The Bertz CT molecular complexity index is 1290. The Morgan fingerprint density at radius 3 is 2.58 bits per heavy atom. The first-order chi connectivity index (χ1) is 16.3. The van der Waals surface area contributed by atoms with Crippen LogP contribution < -0.4 is 0 Å². The van der Waals surface area contributed by atoms with Crippen LogP contribution in [0.4, 0.5) is 0 Å². The molecule has 6 rings (SSSR count). The number of pyridine rings is 2. The smallest absolute Gasteiger partial charge is 0.254 e. The van der Waals surface area contributed by atoms with Gasteiger partial charge in [0, 0.05) is 59.6 Å². The van der Waals surface area contributed by atoms with Crippen molar-refractivity contribution in [3.63, 3.8) is 0 Å². The summed E-state index contributed by atoms with van der Waals surface area (Å²) >= 11 is 0. The van der Waals surface area contributed by atoms with E-state index in [0.29, 0.717) is 23.6 Å². The molecule has 2 aliphatic heterocycles. The molecule has 0 aliphatic carbocycles. The summed E-state index contributed by atoms with van der Waals surface area (Å²) in [6, 6.07) is 12.9. The Balaban J connectivity index is 1.21. The van der Waals surface area contributed by atoms with Crippen molar-refractivity contribution < 1.29 is 4.79 Å². The molecule has 33 heavy (non-hydrogen) atoms. The van der Waals surface area contributed by atoms with E-state index in [-0.39, 0.29) is 5.91 Å². The van der Waals surface area contributed by atoms with Crippen LogP contribution >= 0.6 is 0 Å². The highest BCUT2D eigenvalue weighted by atomic mass is 16.2. The maximum Gasteiger partial charge on any atom is 0.254 e. The second-order valence-electron chi connectivity index (χ2n) is 9.21. The van der Waals surface area contributed by atoms with E-state index < -0.39 is 0 Å². The maximum atomic E-state index is 13.5. The van der Waals surface area contributed by atoms with Crippen LogP contribution in [-0.2, 0) is 6.42 Å². The average molecular weight is 436 g/mol. The van der Waals surface area contributed by atoms with Crippen molar-refractivity contribution in [1.82, 2.24) is 24.8 Å². The number of aromatic nitrogens is 4. The summed E-state index contributed by atoms with van der Waals surface area (Å²) in [5, 5.41) is 2.50. The molecule has 0 spiro atoms. The molecule has 6 heteroatoms. The molecule has 0 unspecified atom stereocenters. The fourth-order valence-corrected chi connectivity index (χ4v) is 5.76. The minimum Gasteiger partial charge on any atom is -0.333 e. The molecule has 1 aromatic carbocycles. The predicted octanol–water partition coefficient (Wildman–Crippen LogP) is 4.71. The number of rotatable bonds is 4. The van der Waals surface area contributed by atoms with Gasteiger partial charge in [-0.05, 0) is 67.2 Å². The van der Waals surface area contributed by atoms with Gasteiger partial charge in [-0.1, -0.05) is 18.2 Å². The summed E-state index contributed by atoms with van der Waals surface area (Å²) in [6.45, 7) is 0. The van der Waals surface area contributed by atoms with E-state index >= 15 is 0 Å². The summed E-state index contributed by atoms with van der Waals surface area (Å²) in [7, 11) is 0. The molecule has 2 atom stereocenters. The average Bonchev–Trinajstić information content (AvgIpc) is 3.14. The molecule has 6 nitrogen and oxygen atoms in total. The Labute approximate surface area is 192 Å². The summed E-state index contributed by atoms with van der Waals surface area (Å²) in [5.41, 5.74) is 3.61. The Kier molecular flexibility index (Phi) is 5.06. The molecule has 2 bridgehead atoms. The minimum atomic E-state index is 0.121. The van der Waals surface area contributed by atoms with Crippen molar-refractivity contribution in [3.05, 3.63) is 84.8 Å². The van der Waals surface area contributed by atoms with Crippen molar-refractivity contribution >= 4 is 16.7 Å². The highest BCUT2D eigenvalue weighted by Crippen LogP contribution is 2.41. The largest absolute Gasteiger partial charge is 0.333 e. The molecule has 0 N–H and O–H groups in total. The molecule has 0 saturated carbocycles. The van der Waals surface area contributed by atoms with Crippen LogP contribution in [-0.4, -0.2) is 42.8 Å². The third kappa shape index (κ3) is 3.75.